The Labute approximate surface area is 171 Å². The third kappa shape index (κ3) is 5.29. The van der Waals surface area contributed by atoms with Gasteiger partial charge in [0, 0.05) is 24.0 Å². The highest BCUT2D eigenvalue weighted by atomic mass is 16.2. The van der Waals surface area contributed by atoms with Crippen molar-refractivity contribution < 1.29 is 9.59 Å². The Morgan fingerprint density at radius 1 is 0.966 bits per heavy atom. The summed E-state index contributed by atoms with van der Waals surface area (Å²) in [6.45, 7) is 6.57. The smallest absolute Gasteiger partial charge is 0.270 e. The van der Waals surface area contributed by atoms with Gasteiger partial charge >= 0.3 is 0 Å². The van der Waals surface area contributed by atoms with Gasteiger partial charge in [-0.1, -0.05) is 61.9 Å². The van der Waals surface area contributed by atoms with Crippen molar-refractivity contribution in [1.29, 1.82) is 0 Å². The number of aryl methyl sites for hydroxylation is 1. The zero-order chi connectivity index (χ0) is 20.8. The molecule has 1 heterocycles. The summed E-state index contributed by atoms with van der Waals surface area (Å²) in [5.41, 5.74) is 4.60. The second-order valence-electron chi connectivity index (χ2n) is 7.29. The van der Waals surface area contributed by atoms with E-state index >= 15 is 0 Å². The molecular weight excluding hydrogens is 362 g/mol. The SMILES string of the molecule is Cc1ccc(CNC(=O)c2cc(C(=O)Nc3ccccc3C(C)C)ccn2)cc1. The van der Waals surface area contributed by atoms with Crippen LogP contribution >= 0.6 is 0 Å². The van der Waals surface area contributed by atoms with Crippen LogP contribution in [-0.4, -0.2) is 16.8 Å². The maximum atomic E-state index is 12.7. The molecular formula is C24H25N3O2. The monoisotopic (exact) mass is 387 g/mol. The average molecular weight is 387 g/mol. The lowest BCUT2D eigenvalue weighted by atomic mass is 10.0. The molecule has 3 rings (SSSR count). The van der Waals surface area contributed by atoms with Gasteiger partial charge in [0.1, 0.15) is 5.69 Å². The van der Waals surface area contributed by atoms with Crippen LogP contribution in [0.4, 0.5) is 5.69 Å². The topological polar surface area (TPSA) is 71.1 Å². The Bertz CT molecular complexity index is 1010. The van der Waals surface area contributed by atoms with Crippen LogP contribution in [-0.2, 0) is 6.54 Å². The van der Waals surface area contributed by atoms with Gasteiger partial charge in [0.05, 0.1) is 0 Å². The number of nitrogens with one attached hydrogen (secondary N) is 2. The van der Waals surface area contributed by atoms with Crippen molar-refractivity contribution in [2.75, 3.05) is 5.32 Å². The molecule has 3 aromatic rings. The lowest BCUT2D eigenvalue weighted by Crippen LogP contribution is -2.24. The summed E-state index contributed by atoms with van der Waals surface area (Å²) in [5.74, 6) is -0.303. The fraction of sp³-hybridized carbons (Fsp3) is 0.208. The summed E-state index contributed by atoms with van der Waals surface area (Å²) in [6.07, 6.45) is 1.48. The van der Waals surface area contributed by atoms with Crippen LogP contribution in [0.1, 0.15) is 57.3 Å². The standard InChI is InChI=1S/C24H25N3O2/c1-16(2)20-6-4-5-7-21(20)27-23(28)19-12-13-25-22(14-19)24(29)26-15-18-10-8-17(3)9-11-18/h4-14,16H,15H2,1-3H3,(H,26,29)(H,27,28). The van der Waals surface area contributed by atoms with E-state index in [2.05, 4.69) is 29.5 Å². The predicted molar refractivity (Wildman–Crippen MR) is 115 cm³/mol. The van der Waals surface area contributed by atoms with Gasteiger partial charge in [-0.15, -0.1) is 0 Å². The fourth-order valence-electron chi connectivity index (χ4n) is 2.98. The number of aromatic nitrogens is 1. The maximum Gasteiger partial charge on any atom is 0.270 e. The number of benzene rings is 2. The molecule has 2 amide bonds. The van der Waals surface area contributed by atoms with Gasteiger partial charge in [-0.2, -0.15) is 0 Å². The van der Waals surface area contributed by atoms with Gasteiger partial charge in [-0.3, -0.25) is 14.6 Å². The summed E-state index contributed by atoms with van der Waals surface area (Å²) >= 11 is 0. The second-order valence-corrected chi connectivity index (χ2v) is 7.29. The Morgan fingerprint density at radius 2 is 1.69 bits per heavy atom. The number of rotatable bonds is 6. The third-order valence-electron chi connectivity index (χ3n) is 4.66. The molecule has 0 aliphatic carbocycles. The Balaban J connectivity index is 1.69. The van der Waals surface area contributed by atoms with Gasteiger partial charge in [0.25, 0.3) is 11.8 Å². The van der Waals surface area contributed by atoms with E-state index in [1.165, 1.54) is 17.8 Å². The summed E-state index contributed by atoms with van der Waals surface area (Å²) in [4.78, 5) is 29.3. The van der Waals surface area contributed by atoms with Crippen molar-refractivity contribution in [2.45, 2.75) is 33.2 Å². The molecule has 5 heteroatoms. The summed E-state index contributed by atoms with van der Waals surface area (Å²) in [6, 6.07) is 18.8. The molecule has 29 heavy (non-hydrogen) atoms. The maximum absolute atomic E-state index is 12.7. The molecule has 0 saturated carbocycles. The van der Waals surface area contributed by atoms with Crippen molar-refractivity contribution in [2.24, 2.45) is 0 Å². The molecule has 2 aromatic carbocycles. The fourth-order valence-corrected chi connectivity index (χ4v) is 2.98. The van der Waals surface area contributed by atoms with Crippen LogP contribution in [0, 0.1) is 6.92 Å². The normalized spacial score (nSPS) is 10.6. The van der Waals surface area contributed by atoms with Gasteiger partial charge in [0.15, 0.2) is 0 Å². The van der Waals surface area contributed by atoms with Crippen LogP contribution in [0.2, 0.25) is 0 Å². The molecule has 0 aliphatic rings. The van der Waals surface area contributed by atoms with Crippen molar-refractivity contribution in [3.63, 3.8) is 0 Å². The largest absolute Gasteiger partial charge is 0.347 e. The Hall–Kier alpha value is -3.47. The van der Waals surface area contributed by atoms with Crippen LogP contribution < -0.4 is 10.6 Å². The van der Waals surface area contributed by atoms with E-state index in [1.54, 1.807) is 6.07 Å². The van der Waals surface area contributed by atoms with Crippen molar-refractivity contribution in [3.8, 4) is 0 Å². The minimum Gasteiger partial charge on any atom is -0.347 e. The zero-order valence-electron chi connectivity index (χ0n) is 16.9. The van der Waals surface area contributed by atoms with Gasteiger partial charge < -0.3 is 10.6 Å². The Morgan fingerprint density at radius 3 is 2.41 bits per heavy atom. The molecule has 0 saturated heterocycles. The highest BCUT2D eigenvalue weighted by molar-refractivity contribution is 6.06. The first-order valence-corrected chi connectivity index (χ1v) is 9.64. The number of nitrogens with zero attached hydrogens (tertiary/aromatic N) is 1. The zero-order valence-corrected chi connectivity index (χ0v) is 16.9. The quantitative estimate of drug-likeness (QED) is 0.644. The van der Waals surface area contributed by atoms with E-state index < -0.39 is 0 Å². The van der Waals surface area contributed by atoms with E-state index in [0.29, 0.717) is 12.1 Å². The highest BCUT2D eigenvalue weighted by Crippen LogP contribution is 2.24. The van der Waals surface area contributed by atoms with Crippen LogP contribution in [0.25, 0.3) is 0 Å². The summed E-state index contributed by atoms with van der Waals surface area (Å²) in [7, 11) is 0. The van der Waals surface area contributed by atoms with Gasteiger partial charge in [-0.05, 0) is 42.2 Å². The lowest BCUT2D eigenvalue weighted by molar-refractivity contribution is 0.0946. The van der Waals surface area contributed by atoms with E-state index in [0.717, 1.165) is 16.8 Å². The predicted octanol–water partition coefficient (Wildman–Crippen LogP) is 4.70. The summed E-state index contributed by atoms with van der Waals surface area (Å²) in [5, 5.41) is 5.78. The minimum atomic E-state index is -0.317. The lowest BCUT2D eigenvalue weighted by Gasteiger charge is -2.14. The van der Waals surface area contributed by atoms with Crippen LogP contribution in [0.15, 0.2) is 66.9 Å². The first-order valence-electron chi connectivity index (χ1n) is 9.64. The number of anilines is 1. The number of hydrogen-bond acceptors (Lipinski definition) is 3. The van der Waals surface area contributed by atoms with Crippen molar-refractivity contribution in [1.82, 2.24) is 10.3 Å². The number of para-hydroxylation sites is 1. The number of amides is 2. The van der Waals surface area contributed by atoms with Crippen LogP contribution in [0.5, 0.6) is 0 Å². The number of pyridine rings is 1. The highest BCUT2D eigenvalue weighted by Gasteiger charge is 2.14. The van der Waals surface area contributed by atoms with E-state index in [9.17, 15) is 9.59 Å². The molecule has 0 spiro atoms. The van der Waals surface area contributed by atoms with Gasteiger partial charge in [0.2, 0.25) is 0 Å². The molecule has 2 N–H and O–H groups in total. The third-order valence-corrected chi connectivity index (χ3v) is 4.66. The first kappa shape index (κ1) is 20.3. The summed E-state index contributed by atoms with van der Waals surface area (Å²) < 4.78 is 0. The van der Waals surface area contributed by atoms with E-state index in [-0.39, 0.29) is 23.4 Å². The molecule has 0 atom stereocenters. The average Bonchev–Trinajstić information content (AvgIpc) is 2.73. The minimum absolute atomic E-state index is 0.210. The molecule has 1 aromatic heterocycles. The number of carbonyl (C=O) groups excluding carboxylic acids is 2. The molecule has 0 unspecified atom stereocenters. The molecule has 5 nitrogen and oxygen atoms in total. The van der Waals surface area contributed by atoms with E-state index in [1.807, 2.05) is 55.5 Å². The Kier molecular flexibility index (Phi) is 6.39. The van der Waals surface area contributed by atoms with Gasteiger partial charge in [-0.25, -0.2) is 0 Å². The number of hydrogen-bond donors (Lipinski definition) is 2. The molecule has 0 bridgehead atoms. The molecule has 148 valence electrons. The second kappa shape index (κ2) is 9.15. The van der Waals surface area contributed by atoms with E-state index in [4.69, 9.17) is 0 Å². The van der Waals surface area contributed by atoms with Crippen LogP contribution in [0.3, 0.4) is 0 Å². The van der Waals surface area contributed by atoms with Crippen molar-refractivity contribution in [3.05, 3.63) is 94.8 Å². The van der Waals surface area contributed by atoms with Crippen molar-refractivity contribution >= 4 is 17.5 Å². The molecule has 0 radical (unpaired) electrons. The first-order chi connectivity index (χ1) is 13.9. The molecule has 0 fully saturated rings. The number of carbonyl (C=O) groups is 2. The molecule has 0 aliphatic heterocycles.